The Morgan fingerprint density at radius 3 is 2.64 bits per heavy atom. The molecule has 0 spiro atoms. The van der Waals surface area contributed by atoms with Crippen molar-refractivity contribution in [3.05, 3.63) is 41.0 Å². The molecule has 0 unspecified atom stereocenters. The van der Waals surface area contributed by atoms with Gasteiger partial charge in [0.25, 0.3) is 0 Å². The van der Waals surface area contributed by atoms with Crippen molar-refractivity contribution in [2.45, 2.75) is 31.3 Å². The zero-order chi connectivity index (χ0) is 32.5. The molecule has 3 heterocycles. The van der Waals surface area contributed by atoms with Crippen LogP contribution >= 0.6 is 23.2 Å². The number of pyridine rings is 1. The van der Waals surface area contributed by atoms with Crippen molar-refractivity contribution < 1.29 is 27.2 Å². The van der Waals surface area contributed by atoms with E-state index in [1.165, 1.54) is 6.08 Å². The quantitative estimate of drug-likeness (QED) is 0.294. The lowest BCUT2D eigenvalue weighted by Gasteiger charge is -2.32. The molecule has 2 aromatic heterocycles. The first-order valence-electron chi connectivity index (χ1n) is 15.3. The number of hydrogen-bond acceptors (Lipinski definition) is 9. The predicted octanol–water partition coefficient (Wildman–Crippen LogP) is 4.71. The minimum absolute atomic E-state index is 0.00179. The van der Waals surface area contributed by atoms with E-state index < -0.39 is 14.1 Å². The van der Waals surface area contributed by atoms with E-state index in [1.54, 1.807) is 12.3 Å². The third-order valence-corrected chi connectivity index (χ3v) is 7.37. The van der Waals surface area contributed by atoms with Crippen LogP contribution in [0.3, 0.4) is 0 Å². The molecule has 2 fully saturated rings. The van der Waals surface area contributed by atoms with Crippen LogP contribution in [0.1, 0.15) is 27.5 Å². The van der Waals surface area contributed by atoms with Gasteiger partial charge in [0, 0.05) is 36.4 Å². The van der Waals surface area contributed by atoms with Gasteiger partial charge in [-0.2, -0.15) is 0 Å². The Hall–Kier alpha value is -3.34. The Labute approximate surface area is 244 Å². The van der Waals surface area contributed by atoms with Crippen LogP contribution in [0, 0.1) is 5.92 Å². The largest absolute Gasteiger partial charge is 0.495 e. The van der Waals surface area contributed by atoms with Crippen molar-refractivity contribution in [1.29, 1.82) is 0 Å². The van der Waals surface area contributed by atoms with Gasteiger partial charge in [0.1, 0.15) is 17.0 Å². The Bertz CT molecular complexity index is 1560. The second kappa shape index (κ2) is 11.8. The van der Waals surface area contributed by atoms with Gasteiger partial charge in [-0.1, -0.05) is 29.8 Å². The fourth-order valence-corrected chi connectivity index (χ4v) is 4.96. The zero-order valence-electron chi connectivity index (χ0n) is 26.7. The summed E-state index contributed by atoms with van der Waals surface area (Å²) < 4.78 is 61.0. The van der Waals surface area contributed by atoms with E-state index in [4.69, 9.17) is 55.6 Å². The number of nitrogens with one attached hydrogen (secondary N) is 3. The Kier molecular flexibility index (Phi) is 6.22. The minimum Gasteiger partial charge on any atom is -0.495 e. The van der Waals surface area contributed by atoms with E-state index in [-0.39, 0.29) is 56.7 Å². The monoisotopic (exact) mass is 578 g/mol. The van der Waals surface area contributed by atoms with Crippen LogP contribution in [0.25, 0.3) is 22.2 Å². The molecular formula is C27H30Cl2N6O4. The molecule has 1 amide bonds. The van der Waals surface area contributed by atoms with E-state index >= 15 is 0 Å². The normalized spacial score (nSPS) is 21.8. The number of carbonyl (C=O) groups excluding carboxylic acids is 1. The summed E-state index contributed by atoms with van der Waals surface area (Å²) in [6, 6.07) is 2.05. The number of hydrogen-bond donors (Lipinski definition) is 3. The number of benzene rings is 1. The Morgan fingerprint density at radius 1 is 1.18 bits per heavy atom. The number of amides is 1. The standard InChI is InChI=1S/C27H30Cl2N6O4/c1-4-21(36)32-16-7-8-39-13-18(16)34-27-31-12-15-9-17(33-26(25(15)35-27)30-11-14-5-6-14)22-23(28)19(37-2)10-20(38-3)24(22)29/h4,9-10,12,14,16,18H,1,5-8,11,13H2,2-3H3,(H,30,33)(H,32,36)(H,31,34,35)/t16-,18+/m0/s1/i2D3,3D3. The number of carbonyl (C=O) groups is 1. The summed E-state index contributed by atoms with van der Waals surface area (Å²) in [5.41, 5.74) is 0.624. The molecule has 0 radical (unpaired) electrons. The van der Waals surface area contributed by atoms with Crippen LogP contribution in [0.2, 0.25) is 10.0 Å². The highest BCUT2D eigenvalue weighted by molar-refractivity contribution is 6.41. The highest BCUT2D eigenvalue weighted by atomic mass is 35.5. The van der Waals surface area contributed by atoms with Gasteiger partial charge < -0.3 is 30.2 Å². The van der Waals surface area contributed by atoms with Crippen LogP contribution in [0.4, 0.5) is 11.8 Å². The van der Waals surface area contributed by atoms with Gasteiger partial charge in [-0.3, -0.25) is 4.79 Å². The van der Waals surface area contributed by atoms with Crippen LogP contribution in [-0.4, -0.2) is 66.8 Å². The summed E-state index contributed by atoms with van der Waals surface area (Å²) in [7, 11) is -5.82. The second-order valence-electron chi connectivity index (χ2n) is 9.33. The van der Waals surface area contributed by atoms with Crippen molar-refractivity contribution in [3.63, 3.8) is 0 Å². The number of methoxy groups -OCH3 is 2. The first-order chi connectivity index (χ1) is 21.2. The van der Waals surface area contributed by atoms with Gasteiger partial charge in [0.15, 0.2) is 5.82 Å². The average molecular weight is 580 g/mol. The minimum atomic E-state index is -2.91. The molecule has 0 bridgehead atoms. The molecule has 1 aliphatic carbocycles. The maximum absolute atomic E-state index is 12.0. The number of halogens is 2. The zero-order valence-corrected chi connectivity index (χ0v) is 22.2. The molecule has 206 valence electrons. The number of anilines is 2. The third-order valence-electron chi connectivity index (χ3n) is 6.61. The molecule has 1 aliphatic heterocycles. The van der Waals surface area contributed by atoms with Crippen LogP contribution in [0.15, 0.2) is 31.0 Å². The first kappa shape index (κ1) is 20.5. The number of ether oxygens (including phenoxy) is 3. The first-order valence-corrected chi connectivity index (χ1v) is 13.1. The maximum atomic E-state index is 12.0. The van der Waals surface area contributed by atoms with Gasteiger partial charge in [-0.25, -0.2) is 15.0 Å². The van der Waals surface area contributed by atoms with E-state index in [1.807, 2.05) is 0 Å². The molecule has 2 atom stereocenters. The van der Waals surface area contributed by atoms with Crippen molar-refractivity contribution in [2.24, 2.45) is 5.92 Å². The van der Waals surface area contributed by atoms with E-state index in [9.17, 15) is 4.79 Å². The van der Waals surface area contributed by atoms with Crippen molar-refractivity contribution in [3.8, 4) is 22.8 Å². The third kappa shape index (κ3) is 5.98. The fourth-order valence-electron chi connectivity index (χ4n) is 4.35. The number of fused-ring (bicyclic) bond motifs is 1. The van der Waals surface area contributed by atoms with Gasteiger partial charge in [0.05, 0.1) is 56.7 Å². The molecule has 1 saturated heterocycles. The Balaban J connectivity index is 1.58. The van der Waals surface area contributed by atoms with Crippen molar-refractivity contribution >= 4 is 51.8 Å². The van der Waals surface area contributed by atoms with Crippen molar-refractivity contribution in [2.75, 3.05) is 44.5 Å². The molecule has 3 aromatic rings. The summed E-state index contributed by atoms with van der Waals surface area (Å²) in [5.74, 6) is 0.0679. The van der Waals surface area contributed by atoms with E-state index in [0.717, 1.165) is 18.9 Å². The second-order valence-corrected chi connectivity index (χ2v) is 10.1. The van der Waals surface area contributed by atoms with Crippen molar-refractivity contribution in [1.82, 2.24) is 20.3 Å². The summed E-state index contributed by atoms with van der Waals surface area (Å²) >= 11 is 13.3. The lowest BCUT2D eigenvalue weighted by molar-refractivity contribution is -0.117. The van der Waals surface area contributed by atoms with Crippen LogP contribution in [-0.2, 0) is 9.53 Å². The molecule has 3 N–H and O–H groups in total. The van der Waals surface area contributed by atoms with Gasteiger partial charge in [0.2, 0.25) is 11.9 Å². The molecule has 1 saturated carbocycles. The topological polar surface area (TPSA) is 120 Å². The number of nitrogens with zero attached hydrogens (tertiary/aromatic N) is 3. The van der Waals surface area contributed by atoms with E-state index in [0.29, 0.717) is 48.8 Å². The summed E-state index contributed by atoms with van der Waals surface area (Å²) in [4.78, 5) is 25.9. The lowest BCUT2D eigenvalue weighted by atomic mass is 10.0. The molecule has 10 nitrogen and oxygen atoms in total. The van der Waals surface area contributed by atoms with Crippen LogP contribution < -0.4 is 25.4 Å². The van der Waals surface area contributed by atoms with E-state index in [2.05, 4.69) is 27.5 Å². The summed E-state index contributed by atoms with van der Waals surface area (Å²) in [5, 5.41) is 9.58. The molecule has 1 aromatic carbocycles. The number of rotatable bonds is 10. The summed E-state index contributed by atoms with van der Waals surface area (Å²) in [6.45, 7) is 4.93. The van der Waals surface area contributed by atoms with Gasteiger partial charge >= 0.3 is 0 Å². The highest BCUT2D eigenvalue weighted by Crippen LogP contribution is 2.46. The molecule has 12 heteroatoms. The maximum Gasteiger partial charge on any atom is 0.243 e. The fraction of sp³-hybridized carbons (Fsp3) is 0.407. The lowest BCUT2D eigenvalue weighted by Crippen LogP contribution is -2.52. The summed E-state index contributed by atoms with van der Waals surface area (Å²) in [6.07, 6.45) is 5.48. The smallest absolute Gasteiger partial charge is 0.243 e. The Morgan fingerprint density at radius 2 is 1.95 bits per heavy atom. The molecule has 39 heavy (non-hydrogen) atoms. The van der Waals surface area contributed by atoms with Gasteiger partial charge in [-0.15, -0.1) is 0 Å². The molecule has 2 aliphatic rings. The SMILES string of the molecule is [2H]C([2H])([2H])Oc1cc(OC([2H])([2H])[2H])c(Cl)c(-c2cc3cnc(N[C@@H]4COCC[C@@H]4NC(=O)C=C)nc3c(NCC3CC3)n2)c1Cl. The van der Waals surface area contributed by atoms with Crippen LogP contribution in [0.5, 0.6) is 11.5 Å². The highest BCUT2D eigenvalue weighted by Gasteiger charge is 2.28. The number of aromatic nitrogens is 3. The predicted molar refractivity (Wildman–Crippen MR) is 152 cm³/mol. The van der Waals surface area contributed by atoms with Gasteiger partial charge in [-0.05, 0) is 37.3 Å². The molecular weight excluding hydrogens is 543 g/mol. The average Bonchev–Trinajstić information content (AvgIpc) is 3.79. The molecule has 5 rings (SSSR count).